The molecule has 0 bridgehead atoms. The number of benzene rings is 2. The Kier molecular flexibility index (Phi) is 5.62. The van der Waals surface area contributed by atoms with Gasteiger partial charge in [0.05, 0.1) is 7.11 Å². The van der Waals surface area contributed by atoms with Crippen LogP contribution in [0.4, 0.5) is 4.39 Å². The first kappa shape index (κ1) is 16.3. The van der Waals surface area contributed by atoms with Crippen LogP contribution in [0.15, 0.2) is 40.9 Å². The van der Waals surface area contributed by atoms with Crippen molar-refractivity contribution in [1.82, 2.24) is 5.32 Å². The van der Waals surface area contributed by atoms with Crippen molar-refractivity contribution in [2.45, 2.75) is 12.5 Å². The number of nitrogens with one attached hydrogen (secondary N) is 1. The molecule has 1 unspecified atom stereocenters. The van der Waals surface area contributed by atoms with Gasteiger partial charge in [-0.15, -0.1) is 0 Å². The molecule has 21 heavy (non-hydrogen) atoms. The molecule has 0 aliphatic rings. The van der Waals surface area contributed by atoms with Gasteiger partial charge in [0.1, 0.15) is 11.6 Å². The quantitative estimate of drug-likeness (QED) is 0.817. The molecular weight excluding hydrogens is 357 g/mol. The molecule has 2 nitrogen and oxygen atoms in total. The third-order valence-corrected chi connectivity index (χ3v) is 4.33. The van der Waals surface area contributed by atoms with Gasteiger partial charge >= 0.3 is 0 Å². The summed E-state index contributed by atoms with van der Waals surface area (Å²) in [5, 5.41) is 3.91. The highest BCUT2D eigenvalue weighted by atomic mass is 79.9. The van der Waals surface area contributed by atoms with E-state index in [2.05, 4.69) is 21.2 Å². The van der Waals surface area contributed by atoms with Crippen LogP contribution in [-0.4, -0.2) is 14.2 Å². The second-order valence-electron chi connectivity index (χ2n) is 4.67. The first-order chi connectivity index (χ1) is 10.0. The van der Waals surface area contributed by atoms with E-state index in [-0.39, 0.29) is 11.9 Å². The fraction of sp³-hybridized carbons (Fsp3) is 0.250. The number of hydrogen-bond donors (Lipinski definition) is 1. The summed E-state index contributed by atoms with van der Waals surface area (Å²) < 4.78 is 19.3. The maximum atomic E-state index is 13.2. The minimum Gasteiger partial charge on any atom is -0.496 e. The van der Waals surface area contributed by atoms with Gasteiger partial charge in [-0.25, -0.2) is 4.39 Å². The van der Waals surface area contributed by atoms with E-state index in [1.165, 1.54) is 12.1 Å². The maximum absolute atomic E-state index is 13.2. The van der Waals surface area contributed by atoms with Gasteiger partial charge in [-0.05, 0) is 49.4 Å². The van der Waals surface area contributed by atoms with Crippen molar-refractivity contribution in [2.75, 3.05) is 14.2 Å². The SMILES string of the molecule is CNC(Cc1ccc(F)cc1Br)c1cc(Cl)ccc1OC. The maximum Gasteiger partial charge on any atom is 0.124 e. The largest absolute Gasteiger partial charge is 0.496 e. The fourth-order valence-electron chi connectivity index (χ4n) is 2.25. The van der Waals surface area contributed by atoms with Gasteiger partial charge in [-0.3, -0.25) is 0 Å². The van der Waals surface area contributed by atoms with E-state index >= 15 is 0 Å². The Morgan fingerprint density at radius 1 is 1.29 bits per heavy atom. The fourth-order valence-corrected chi connectivity index (χ4v) is 2.95. The normalized spacial score (nSPS) is 12.2. The molecule has 0 saturated heterocycles. The molecule has 0 spiro atoms. The summed E-state index contributed by atoms with van der Waals surface area (Å²) >= 11 is 9.49. The molecule has 2 rings (SSSR count). The average molecular weight is 373 g/mol. The van der Waals surface area contributed by atoms with Gasteiger partial charge in [0.2, 0.25) is 0 Å². The van der Waals surface area contributed by atoms with Gasteiger partial charge < -0.3 is 10.1 Å². The van der Waals surface area contributed by atoms with Crippen molar-refractivity contribution in [3.8, 4) is 5.75 Å². The van der Waals surface area contributed by atoms with E-state index in [0.29, 0.717) is 11.4 Å². The van der Waals surface area contributed by atoms with Crippen LogP contribution in [0.2, 0.25) is 5.02 Å². The molecule has 1 atom stereocenters. The van der Waals surface area contributed by atoms with Gasteiger partial charge in [0.25, 0.3) is 0 Å². The van der Waals surface area contributed by atoms with Crippen LogP contribution in [0, 0.1) is 5.82 Å². The monoisotopic (exact) mass is 371 g/mol. The number of methoxy groups -OCH3 is 1. The molecule has 2 aromatic carbocycles. The highest BCUT2D eigenvalue weighted by Gasteiger charge is 2.17. The van der Waals surface area contributed by atoms with Crippen molar-refractivity contribution in [3.05, 3.63) is 62.8 Å². The van der Waals surface area contributed by atoms with Crippen molar-refractivity contribution in [2.24, 2.45) is 0 Å². The summed E-state index contributed by atoms with van der Waals surface area (Å²) in [4.78, 5) is 0. The standard InChI is InChI=1S/C16H16BrClFNO/c1-20-15(7-10-3-5-12(19)9-14(10)17)13-8-11(18)4-6-16(13)21-2/h3-6,8-9,15,20H,7H2,1-2H3. The average Bonchev–Trinajstić information content (AvgIpc) is 2.46. The van der Waals surface area contributed by atoms with Gasteiger partial charge in [-0.2, -0.15) is 0 Å². The topological polar surface area (TPSA) is 21.3 Å². The molecule has 0 aromatic heterocycles. The number of halogens is 3. The van der Waals surface area contributed by atoms with E-state index < -0.39 is 0 Å². The van der Waals surface area contributed by atoms with E-state index in [1.54, 1.807) is 19.2 Å². The summed E-state index contributed by atoms with van der Waals surface area (Å²) in [6.45, 7) is 0. The van der Waals surface area contributed by atoms with Crippen molar-refractivity contribution >= 4 is 27.5 Å². The minimum atomic E-state index is -0.257. The number of hydrogen-bond acceptors (Lipinski definition) is 2. The Morgan fingerprint density at radius 3 is 2.67 bits per heavy atom. The molecular formula is C16H16BrClFNO. The van der Waals surface area contributed by atoms with Crippen LogP contribution in [0.3, 0.4) is 0 Å². The lowest BCUT2D eigenvalue weighted by molar-refractivity contribution is 0.401. The second-order valence-corrected chi connectivity index (χ2v) is 5.96. The predicted octanol–water partition coefficient (Wildman–Crippen LogP) is 4.75. The van der Waals surface area contributed by atoms with Gasteiger partial charge in [0, 0.05) is 21.1 Å². The van der Waals surface area contributed by atoms with Crippen molar-refractivity contribution in [1.29, 1.82) is 0 Å². The lowest BCUT2D eigenvalue weighted by Crippen LogP contribution is -2.20. The Hall–Kier alpha value is -1.10. The lowest BCUT2D eigenvalue weighted by Gasteiger charge is -2.20. The highest BCUT2D eigenvalue weighted by Crippen LogP contribution is 2.31. The molecule has 0 radical (unpaired) electrons. The Labute approximate surface area is 137 Å². The van der Waals surface area contributed by atoms with Crippen LogP contribution < -0.4 is 10.1 Å². The molecule has 5 heteroatoms. The zero-order valence-corrected chi connectivity index (χ0v) is 14.1. The van der Waals surface area contributed by atoms with E-state index in [0.717, 1.165) is 21.3 Å². The Bertz CT molecular complexity index is 636. The van der Waals surface area contributed by atoms with Crippen LogP contribution in [0.25, 0.3) is 0 Å². The second kappa shape index (κ2) is 7.25. The summed E-state index contributed by atoms with van der Waals surface area (Å²) in [5.41, 5.74) is 1.99. The molecule has 1 N–H and O–H groups in total. The van der Waals surface area contributed by atoms with Crippen LogP contribution in [0.5, 0.6) is 5.75 Å². The Balaban J connectivity index is 2.34. The predicted molar refractivity (Wildman–Crippen MR) is 87.6 cm³/mol. The van der Waals surface area contributed by atoms with Crippen molar-refractivity contribution < 1.29 is 9.13 Å². The van der Waals surface area contributed by atoms with E-state index in [4.69, 9.17) is 16.3 Å². The number of ether oxygens (including phenoxy) is 1. The van der Waals surface area contributed by atoms with Crippen LogP contribution in [-0.2, 0) is 6.42 Å². The molecule has 0 saturated carbocycles. The molecule has 112 valence electrons. The van der Waals surface area contributed by atoms with Crippen LogP contribution >= 0.6 is 27.5 Å². The van der Waals surface area contributed by atoms with Crippen molar-refractivity contribution in [3.63, 3.8) is 0 Å². The van der Waals surface area contributed by atoms with Gasteiger partial charge in [-0.1, -0.05) is 33.6 Å². The van der Waals surface area contributed by atoms with Crippen LogP contribution in [0.1, 0.15) is 17.2 Å². The van der Waals surface area contributed by atoms with E-state index in [1.807, 2.05) is 19.2 Å². The molecule has 0 aliphatic carbocycles. The molecule has 2 aromatic rings. The summed E-state index contributed by atoms with van der Waals surface area (Å²) in [7, 11) is 3.51. The zero-order chi connectivity index (χ0) is 15.4. The first-order valence-electron chi connectivity index (χ1n) is 6.49. The smallest absolute Gasteiger partial charge is 0.124 e. The minimum absolute atomic E-state index is 0.0143. The zero-order valence-electron chi connectivity index (χ0n) is 11.8. The third-order valence-electron chi connectivity index (χ3n) is 3.35. The van der Waals surface area contributed by atoms with E-state index in [9.17, 15) is 4.39 Å². The molecule has 0 heterocycles. The Morgan fingerprint density at radius 2 is 2.05 bits per heavy atom. The summed E-state index contributed by atoms with van der Waals surface area (Å²) in [6.07, 6.45) is 0.689. The third kappa shape index (κ3) is 3.96. The highest BCUT2D eigenvalue weighted by molar-refractivity contribution is 9.10. The first-order valence-corrected chi connectivity index (χ1v) is 7.67. The molecule has 0 fully saturated rings. The lowest BCUT2D eigenvalue weighted by atomic mass is 9.98. The summed E-state index contributed by atoms with van der Waals surface area (Å²) in [6, 6.07) is 10.3. The molecule has 0 amide bonds. The number of rotatable bonds is 5. The molecule has 0 aliphatic heterocycles. The summed E-state index contributed by atoms with van der Waals surface area (Å²) in [5.74, 6) is 0.518. The van der Waals surface area contributed by atoms with Gasteiger partial charge in [0.15, 0.2) is 0 Å². The number of likely N-dealkylation sites (N-methyl/N-ethyl adjacent to an activating group) is 1.